The average molecular weight is 373 g/mol. The number of unbranched alkanes of at least 4 members (excludes halogenated alkanes) is 1. The summed E-state index contributed by atoms with van der Waals surface area (Å²) in [5.41, 5.74) is 2.05. The maximum atomic E-state index is 12.4. The molecule has 0 fully saturated rings. The van der Waals surface area contributed by atoms with Crippen LogP contribution in [0.15, 0.2) is 28.8 Å². The number of amides is 1. The van der Waals surface area contributed by atoms with E-state index in [-0.39, 0.29) is 5.91 Å². The van der Waals surface area contributed by atoms with Crippen molar-refractivity contribution in [2.45, 2.75) is 46.5 Å². The number of rotatable bonds is 10. The number of hydrogen-bond donors (Lipinski definition) is 0. The van der Waals surface area contributed by atoms with Crippen molar-refractivity contribution in [2.24, 2.45) is 5.92 Å². The standard InChI is InChI=1S/C21H32N4O2/c1-6-7-13-25(20(26)15-16(2)3)14-12-19-22-21(23-27-19)17-8-10-18(11-9-17)24(4)5/h8-11,16H,6-7,12-15H2,1-5H3. The third-order valence-corrected chi connectivity index (χ3v) is 4.42. The van der Waals surface area contributed by atoms with Crippen molar-refractivity contribution < 1.29 is 9.32 Å². The van der Waals surface area contributed by atoms with Crippen LogP contribution in [0.1, 0.15) is 45.9 Å². The molecular formula is C21H32N4O2. The molecule has 148 valence electrons. The fraction of sp³-hybridized carbons (Fsp3) is 0.571. The molecule has 0 N–H and O–H groups in total. The number of anilines is 1. The zero-order valence-electron chi connectivity index (χ0n) is 17.2. The van der Waals surface area contributed by atoms with Gasteiger partial charge < -0.3 is 14.3 Å². The Kier molecular flexibility index (Phi) is 7.82. The zero-order valence-corrected chi connectivity index (χ0v) is 17.2. The van der Waals surface area contributed by atoms with Gasteiger partial charge in [0.05, 0.1) is 0 Å². The van der Waals surface area contributed by atoms with Gasteiger partial charge in [0.15, 0.2) is 0 Å². The van der Waals surface area contributed by atoms with Gasteiger partial charge in [0, 0.05) is 51.3 Å². The van der Waals surface area contributed by atoms with Crippen molar-refractivity contribution in [2.75, 3.05) is 32.1 Å². The van der Waals surface area contributed by atoms with E-state index in [1.165, 1.54) is 0 Å². The molecule has 2 aromatic rings. The van der Waals surface area contributed by atoms with Gasteiger partial charge >= 0.3 is 0 Å². The van der Waals surface area contributed by atoms with Crippen LogP contribution in [-0.4, -0.2) is 48.1 Å². The van der Waals surface area contributed by atoms with Gasteiger partial charge in [-0.1, -0.05) is 32.3 Å². The lowest BCUT2D eigenvalue weighted by Gasteiger charge is -2.22. The lowest BCUT2D eigenvalue weighted by atomic mass is 10.1. The molecular weight excluding hydrogens is 340 g/mol. The maximum Gasteiger partial charge on any atom is 0.228 e. The highest BCUT2D eigenvalue weighted by molar-refractivity contribution is 5.76. The van der Waals surface area contributed by atoms with Crippen LogP contribution in [-0.2, 0) is 11.2 Å². The predicted molar refractivity (Wildman–Crippen MR) is 109 cm³/mol. The summed E-state index contributed by atoms with van der Waals surface area (Å²) in [6.45, 7) is 7.68. The van der Waals surface area contributed by atoms with Crippen LogP contribution < -0.4 is 4.90 Å². The van der Waals surface area contributed by atoms with E-state index in [4.69, 9.17) is 4.52 Å². The molecule has 0 saturated heterocycles. The molecule has 27 heavy (non-hydrogen) atoms. The largest absolute Gasteiger partial charge is 0.378 e. The Morgan fingerprint density at radius 1 is 1.15 bits per heavy atom. The molecule has 6 nitrogen and oxygen atoms in total. The summed E-state index contributed by atoms with van der Waals surface area (Å²) < 4.78 is 5.40. The zero-order chi connectivity index (χ0) is 19.8. The van der Waals surface area contributed by atoms with Crippen LogP contribution in [0.3, 0.4) is 0 Å². The molecule has 0 radical (unpaired) electrons. The van der Waals surface area contributed by atoms with Crippen molar-refractivity contribution in [3.63, 3.8) is 0 Å². The van der Waals surface area contributed by atoms with E-state index in [2.05, 4.69) is 30.9 Å². The normalized spacial score (nSPS) is 11.0. The molecule has 1 aromatic carbocycles. The van der Waals surface area contributed by atoms with Gasteiger partial charge in [0.1, 0.15) is 0 Å². The Hall–Kier alpha value is -2.37. The van der Waals surface area contributed by atoms with Gasteiger partial charge in [0.2, 0.25) is 17.6 Å². The molecule has 0 aliphatic rings. The number of carbonyl (C=O) groups is 1. The second-order valence-corrected chi connectivity index (χ2v) is 7.54. The van der Waals surface area contributed by atoms with Crippen LogP contribution in [0.4, 0.5) is 5.69 Å². The van der Waals surface area contributed by atoms with Crippen LogP contribution in [0.25, 0.3) is 11.4 Å². The first-order chi connectivity index (χ1) is 12.9. The molecule has 0 aliphatic heterocycles. The Morgan fingerprint density at radius 3 is 2.44 bits per heavy atom. The number of hydrogen-bond acceptors (Lipinski definition) is 5. The van der Waals surface area contributed by atoms with Crippen LogP contribution in [0.5, 0.6) is 0 Å². The van der Waals surface area contributed by atoms with Gasteiger partial charge in [-0.15, -0.1) is 0 Å². The van der Waals surface area contributed by atoms with Gasteiger partial charge in [0.25, 0.3) is 0 Å². The number of nitrogens with zero attached hydrogens (tertiary/aromatic N) is 4. The Morgan fingerprint density at radius 2 is 1.85 bits per heavy atom. The quantitative estimate of drug-likeness (QED) is 0.630. The maximum absolute atomic E-state index is 12.4. The molecule has 0 atom stereocenters. The molecule has 0 spiro atoms. The van der Waals surface area contributed by atoms with Gasteiger partial charge in [-0.3, -0.25) is 4.79 Å². The van der Waals surface area contributed by atoms with Gasteiger partial charge in [-0.2, -0.15) is 4.98 Å². The molecule has 0 saturated carbocycles. The number of aromatic nitrogens is 2. The van der Waals surface area contributed by atoms with Crippen LogP contribution in [0.2, 0.25) is 0 Å². The minimum Gasteiger partial charge on any atom is -0.378 e. The summed E-state index contributed by atoms with van der Waals surface area (Å²) in [4.78, 5) is 20.9. The van der Waals surface area contributed by atoms with E-state index in [9.17, 15) is 4.79 Å². The van der Waals surface area contributed by atoms with Crippen molar-refractivity contribution >= 4 is 11.6 Å². The van der Waals surface area contributed by atoms with Crippen molar-refractivity contribution in [1.82, 2.24) is 15.0 Å². The lowest BCUT2D eigenvalue weighted by Crippen LogP contribution is -2.34. The fourth-order valence-electron chi connectivity index (χ4n) is 2.80. The Balaban J connectivity index is 1.99. The molecule has 2 rings (SSSR count). The summed E-state index contributed by atoms with van der Waals surface area (Å²) >= 11 is 0. The monoisotopic (exact) mass is 372 g/mol. The second kappa shape index (κ2) is 10.1. The summed E-state index contributed by atoms with van der Waals surface area (Å²) in [5, 5.41) is 4.09. The molecule has 0 bridgehead atoms. The minimum atomic E-state index is 0.206. The van der Waals surface area contributed by atoms with E-state index in [1.54, 1.807) is 0 Å². The topological polar surface area (TPSA) is 62.5 Å². The first-order valence-electron chi connectivity index (χ1n) is 9.78. The Labute approximate surface area is 162 Å². The average Bonchev–Trinajstić information content (AvgIpc) is 3.10. The number of carbonyl (C=O) groups excluding carboxylic acids is 1. The van der Waals surface area contributed by atoms with Gasteiger partial charge in [-0.05, 0) is 36.6 Å². The Bertz CT molecular complexity index is 707. The van der Waals surface area contributed by atoms with Crippen LogP contribution >= 0.6 is 0 Å². The number of benzene rings is 1. The molecule has 0 unspecified atom stereocenters. The SMILES string of the molecule is CCCCN(CCc1nc(-c2ccc(N(C)C)cc2)no1)C(=O)CC(C)C. The summed E-state index contributed by atoms with van der Waals surface area (Å²) in [5.74, 6) is 1.73. The molecule has 6 heteroatoms. The highest BCUT2D eigenvalue weighted by Gasteiger charge is 2.16. The van der Waals surface area contributed by atoms with Crippen molar-refractivity contribution in [1.29, 1.82) is 0 Å². The third kappa shape index (κ3) is 6.38. The first-order valence-corrected chi connectivity index (χ1v) is 9.78. The highest BCUT2D eigenvalue weighted by atomic mass is 16.5. The molecule has 1 aromatic heterocycles. The highest BCUT2D eigenvalue weighted by Crippen LogP contribution is 2.20. The van der Waals surface area contributed by atoms with Crippen molar-refractivity contribution in [3.8, 4) is 11.4 Å². The summed E-state index contributed by atoms with van der Waals surface area (Å²) in [6.07, 6.45) is 3.24. The van der Waals surface area contributed by atoms with Gasteiger partial charge in [-0.25, -0.2) is 0 Å². The third-order valence-electron chi connectivity index (χ3n) is 4.42. The van der Waals surface area contributed by atoms with E-state index in [1.807, 2.05) is 48.2 Å². The molecule has 0 aliphatic carbocycles. The smallest absolute Gasteiger partial charge is 0.228 e. The first kappa shape index (κ1) is 20.9. The van der Waals surface area contributed by atoms with E-state index < -0.39 is 0 Å². The summed E-state index contributed by atoms with van der Waals surface area (Å²) in [6, 6.07) is 8.04. The molecule has 1 amide bonds. The van der Waals surface area contributed by atoms with E-state index in [0.717, 1.165) is 30.6 Å². The van der Waals surface area contributed by atoms with Crippen LogP contribution in [0, 0.1) is 5.92 Å². The molecule has 1 heterocycles. The minimum absolute atomic E-state index is 0.206. The second-order valence-electron chi connectivity index (χ2n) is 7.54. The van der Waals surface area contributed by atoms with E-state index in [0.29, 0.717) is 37.0 Å². The van der Waals surface area contributed by atoms with E-state index >= 15 is 0 Å². The fourth-order valence-corrected chi connectivity index (χ4v) is 2.80. The summed E-state index contributed by atoms with van der Waals surface area (Å²) in [7, 11) is 4.01. The van der Waals surface area contributed by atoms with Crippen molar-refractivity contribution in [3.05, 3.63) is 30.2 Å². The lowest BCUT2D eigenvalue weighted by molar-refractivity contribution is -0.132. The predicted octanol–water partition coefficient (Wildman–Crippen LogP) is 4.02.